The summed E-state index contributed by atoms with van der Waals surface area (Å²) >= 11 is 0. The minimum atomic E-state index is -0.0421. The van der Waals surface area contributed by atoms with Gasteiger partial charge in [-0.05, 0) is 25.0 Å². The third-order valence-electron chi connectivity index (χ3n) is 4.76. The highest BCUT2D eigenvalue weighted by Gasteiger charge is 2.26. The topological polar surface area (TPSA) is 86.3 Å². The SMILES string of the molecule is Cn1cnc(C(=O)N2CCCC(OCCc3noc(-c4ccccc4)n3)C2)c1. The molecule has 1 amide bonds. The first-order valence-electron chi connectivity index (χ1n) is 9.46. The van der Waals surface area contributed by atoms with Crippen LogP contribution in [0.1, 0.15) is 29.2 Å². The van der Waals surface area contributed by atoms with Crippen LogP contribution < -0.4 is 0 Å². The van der Waals surface area contributed by atoms with Gasteiger partial charge in [-0.3, -0.25) is 4.79 Å². The van der Waals surface area contributed by atoms with E-state index in [2.05, 4.69) is 15.1 Å². The van der Waals surface area contributed by atoms with Crippen LogP contribution in [0.4, 0.5) is 0 Å². The van der Waals surface area contributed by atoms with Gasteiger partial charge < -0.3 is 18.7 Å². The van der Waals surface area contributed by atoms with Crippen molar-refractivity contribution in [1.29, 1.82) is 0 Å². The summed E-state index contributed by atoms with van der Waals surface area (Å²) in [5.74, 6) is 1.09. The van der Waals surface area contributed by atoms with Crippen LogP contribution in [-0.2, 0) is 18.2 Å². The molecule has 0 N–H and O–H groups in total. The maximum absolute atomic E-state index is 12.6. The zero-order valence-electron chi connectivity index (χ0n) is 15.8. The molecule has 1 atom stereocenters. The van der Waals surface area contributed by atoms with Gasteiger partial charge in [-0.25, -0.2) is 4.98 Å². The molecule has 1 aromatic carbocycles. The van der Waals surface area contributed by atoms with Gasteiger partial charge in [0.15, 0.2) is 5.82 Å². The van der Waals surface area contributed by atoms with E-state index in [9.17, 15) is 4.79 Å². The summed E-state index contributed by atoms with van der Waals surface area (Å²) in [4.78, 5) is 22.9. The third kappa shape index (κ3) is 4.28. The van der Waals surface area contributed by atoms with Gasteiger partial charge in [-0.2, -0.15) is 4.98 Å². The fourth-order valence-corrected chi connectivity index (χ4v) is 3.31. The Labute approximate surface area is 163 Å². The van der Waals surface area contributed by atoms with Crippen molar-refractivity contribution in [2.45, 2.75) is 25.4 Å². The Bertz CT molecular complexity index is 921. The van der Waals surface area contributed by atoms with E-state index in [1.807, 2.05) is 42.3 Å². The standard InChI is InChI=1S/C20H23N5O3/c1-24-13-17(21-14-24)20(26)25-10-5-8-16(12-25)27-11-9-18-22-19(28-23-18)15-6-3-2-4-7-15/h2-4,6-7,13-14,16H,5,8-12H2,1H3. The molecule has 1 aliphatic rings. The first-order chi connectivity index (χ1) is 13.7. The number of ether oxygens (including phenoxy) is 1. The zero-order valence-corrected chi connectivity index (χ0v) is 15.8. The van der Waals surface area contributed by atoms with Crippen molar-refractivity contribution in [2.24, 2.45) is 7.05 Å². The lowest BCUT2D eigenvalue weighted by molar-refractivity contribution is 0.00233. The van der Waals surface area contributed by atoms with Gasteiger partial charge in [0.05, 0.1) is 19.0 Å². The van der Waals surface area contributed by atoms with Crippen molar-refractivity contribution >= 4 is 5.91 Å². The van der Waals surface area contributed by atoms with Crippen LogP contribution in [0.5, 0.6) is 0 Å². The number of aryl methyl sites for hydroxylation is 1. The molecule has 8 nitrogen and oxygen atoms in total. The summed E-state index contributed by atoms with van der Waals surface area (Å²) in [5.41, 5.74) is 1.38. The molecule has 1 aliphatic heterocycles. The van der Waals surface area contributed by atoms with Crippen molar-refractivity contribution in [2.75, 3.05) is 19.7 Å². The Morgan fingerprint density at radius 2 is 2.18 bits per heavy atom. The fourth-order valence-electron chi connectivity index (χ4n) is 3.31. The highest BCUT2D eigenvalue weighted by molar-refractivity contribution is 5.92. The smallest absolute Gasteiger partial charge is 0.274 e. The summed E-state index contributed by atoms with van der Waals surface area (Å²) in [7, 11) is 1.85. The van der Waals surface area contributed by atoms with Crippen molar-refractivity contribution in [3.05, 3.63) is 54.4 Å². The van der Waals surface area contributed by atoms with Crippen molar-refractivity contribution in [3.8, 4) is 11.5 Å². The lowest BCUT2D eigenvalue weighted by Crippen LogP contribution is -2.43. The van der Waals surface area contributed by atoms with Crippen LogP contribution in [0.3, 0.4) is 0 Å². The number of imidazole rings is 1. The minimum Gasteiger partial charge on any atom is -0.376 e. The molecular formula is C20H23N5O3. The highest BCUT2D eigenvalue weighted by Crippen LogP contribution is 2.18. The molecule has 8 heteroatoms. The molecule has 2 aromatic heterocycles. The second kappa shape index (κ2) is 8.35. The van der Waals surface area contributed by atoms with E-state index in [0.717, 1.165) is 24.9 Å². The van der Waals surface area contributed by atoms with E-state index >= 15 is 0 Å². The molecule has 4 rings (SSSR count). The number of rotatable bonds is 6. The molecule has 0 saturated carbocycles. The van der Waals surface area contributed by atoms with Gasteiger partial charge >= 0.3 is 0 Å². The monoisotopic (exact) mass is 381 g/mol. The maximum Gasteiger partial charge on any atom is 0.274 e. The number of carbonyl (C=O) groups excluding carboxylic acids is 1. The first kappa shape index (κ1) is 18.4. The average molecular weight is 381 g/mol. The molecule has 1 fully saturated rings. The van der Waals surface area contributed by atoms with Crippen LogP contribution in [0.2, 0.25) is 0 Å². The molecule has 0 spiro atoms. The molecule has 146 valence electrons. The molecular weight excluding hydrogens is 358 g/mol. The summed E-state index contributed by atoms with van der Waals surface area (Å²) in [6.07, 6.45) is 5.83. The van der Waals surface area contributed by atoms with E-state index in [4.69, 9.17) is 9.26 Å². The fraction of sp³-hybridized carbons (Fsp3) is 0.400. The molecule has 28 heavy (non-hydrogen) atoms. The largest absolute Gasteiger partial charge is 0.376 e. The number of benzene rings is 1. The van der Waals surface area contributed by atoms with Crippen LogP contribution in [-0.4, -0.2) is 56.3 Å². The predicted octanol–water partition coefficient (Wildman–Crippen LogP) is 2.33. The van der Waals surface area contributed by atoms with Gasteiger partial charge in [0, 0.05) is 38.3 Å². The molecule has 1 unspecified atom stereocenters. The Morgan fingerprint density at radius 1 is 1.32 bits per heavy atom. The average Bonchev–Trinajstić information content (AvgIpc) is 3.38. The maximum atomic E-state index is 12.6. The molecule has 0 aliphatic carbocycles. The summed E-state index contributed by atoms with van der Waals surface area (Å²) in [6.45, 7) is 1.81. The number of hydrogen-bond acceptors (Lipinski definition) is 6. The number of likely N-dealkylation sites (tertiary alicyclic amines) is 1. The second-order valence-corrected chi connectivity index (χ2v) is 6.94. The van der Waals surface area contributed by atoms with Gasteiger partial charge in [0.25, 0.3) is 11.8 Å². The highest BCUT2D eigenvalue weighted by atomic mass is 16.5. The van der Waals surface area contributed by atoms with E-state index in [1.165, 1.54) is 0 Å². The summed E-state index contributed by atoms with van der Waals surface area (Å²) in [6, 6.07) is 9.68. The Kier molecular flexibility index (Phi) is 5.48. The number of nitrogens with zero attached hydrogens (tertiary/aromatic N) is 5. The van der Waals surface area contributed by atoms with Crippen LogP contribution in [0, 0.1) is 0 Å². The Hall–Kier alpha value is -3.00. The number of hydrogen-bond donors (Lipinski definition) is 0. The van der Waals surface area contributed by atoms with Gasteiger partial charge in [-0.1, -0.05) is 23.4 Å². The summed E-state index contributed by atoms with van der Waals surface area (Å²) in [5, 5.41) is 4.02. The Balaban J connectivity index is 1.27. The van der Waals surface area contributed by atoms with Gasteiger partial charge in [0.1, 0.15) is 5.69 Å². The Morgan fingerprint density at radius 3 is 2.96 bits per heavy atom. The van der Waals surface area contributed by atoms with Gasteiger partial charge in [-0.15, -0.1) is 0 Å². The number of aromatic nitrogens is 4. The van der Waals surface area contributed by atoms with Crippen LogP contribution in [0.25, 0.3) is 11.5 Å². The van der Waals surface area contributed by atoms with E-state index in [1.54, 1.807) is 17.1 Å². The lowest BCUT2D eigenvalue weighted by atomic mass is 10.1. The molecule has 3 aromatic rings. The number of piperidine rings is 1. The predicted molar refractivity (Wildman–Crippen MR) is 102 cm³/mol. The molecule has 0 bridgehead atoms. The van der Waals surface area contributed by atoms with Crippen molar-refractivity contribution in [3.63, 3.8) is 0 Å². The number of amides is 1. The lowest BCUT2D eigenvalue weighted by Gasteiger charge is -2.32. The van der Waals surface area contributed by atoms with E-state index in [-0.39, 0.29) is 12.0 Å². The van der Waals surface area contributed by atoms with Crippen LogP contribution in [0.15, 0.2) is 47.4 Å². The third-order valence-corrected chi connectivity index (χ3v) is 4.76. The molecule has 3 heterocycles. The van der Waals surface area contributed by atoms with Crippen molar-refractivity contribution in [1.82, 2.24) is 24.6 Å². The zero-order chi connectivity index (χ0) is 19.3. The minimum absolute atomic E-state index is 0.0157. The van der Waals surface area contributed by atoms with E-state index in [0.29, 0.717) is 37.0 Å². The normalized spacial score (nSPS) is 17.0. The van der Waals surface area contributed by atoms with Gasteiger partial charge in [0.2, 0.25) is 0 Å². The number of carbonyl (C=O) groups is 1. The molecule has 0 radical (unpaired) electrons. The second-order valence-electron chi connectivity index (χ2n) is 6.94. The molecule has 1 saturated heterocycles. The summed E-state index contributed by atoms with van der Waals surface area (Å²) < 4.78 is 13.1. The van der Waals surface area contributed by atoms with Crippen molar-refractivity contribution < 1.29 is 14.1 Å². The quantitative estimate of drug-likeness (QED) is 0.651. The van der Waals surface area contributed by atoms with Crippen LogP contribution >= 0.6 is 0 Å². The first-order valence-corrected chi connectivity index (χ1v) is 9.46. The van der Waals surface area contributed by atoms with E-state index < -0.39 is 0 Å².